The van der Waals surface area contributed by atoms with E-state index in [0.717, 1.165) is 37.1 Å². The Kier molecular flexibility index (Phi) is 5.67. The van der Waals surface area contributed by atoms with Gasteiger partial charge >= 0.3 is 0 Å². The first-order valence-electron chi connectivity index (χ1n) is 7.61. The van der Waals surface area contributed by atoms with Gasteiger partial charge in [0.25, 0.3) is 0 Å². The molecule has 6 nitrogen and oxygen atoms in total. The maximum atomic E-state index is 12.5. The fourth-order valence-corrected chi connectivity index (χ4v) is 4.38. The zero-order valence-corrected chi connectivity index (χ0v) is 14.7. The standard InChI is InChI=1S/C15H21N3O3S.ClH/c1-11(19)18-8-6-12-4-5-14(9-15(12)18)22(20,21)17-13-3-2-7-16-10-13;/h4-5,9,13,16-17H,2-3,6-8,10H2,1H3;1H/t13-;/m0./s1. The molecular formula is C15H22ClN3O3S. The number of amides is 1. The molecule has 0 saturated carbocycles. The van der Waals surface area contributed by atoms with Gasteiger partial charge in [-0.1, -0.05) is 6.07 Å². The minimum absolute atomic E-state index is 0. The van der Waals surface area contributed by atoms with Gasteiger partial charge in [0.15, 0.2) is 0 Å². The minimum atomic E-state index is -3.56. The largest absolute Gasteiger partial charge is 0.315 e. The van der Waals surface area contributed by atoms with Gasteiger partial charge in [-0.05, 0) is 43.5 Å². The highest BCUT2D eigenvalue weighted by Crippen LogP contribution is 2.30. The Bertz CT molecular complexity index is 687. The summed E-state index contributed by atoms with van der Waals surface area (Å²) < 4.78 is 27.8. The molecular weight excluding hydrogens is 338 g/mol. The molecule has 2 aliphatic rings. The number of carbonyl (C=O) groups excluding carboxylic acids is 1. The normalized spacial score (nSPS) is 20.7. The molecule has 1 aromatic rings. The lowest BCUT2D eigenvalue weighted by molar-refractivity contribution is -0.116. The number of sulfonamides is 1. The van der Waals surface area contributed by atoms with Crippen LogP contribution in [-0.2, 0) is 21.2 Å². The average Bonchev–Trinajstić information content (AvgIpc) is 2.91. The number of anilines is 1. The first kappa shape index (κ1) is 18.2. The average molecular weight is 360 g/mol. The molecule has 0 spiro atoms. The maximum Gasteiger partial charge on any atom is 0.240 e. The van der Waals surface area contributed by atoms with Gasteiger partial charge in [-0.15, -0.1) is 12.4 Å². The Morgan fingerprint density at radius 3 is 2.83 bits per heavy atom. The zero-order chi connectivity index (χ0) is 15.7. The quantitative estimate of drug-likeness (QED) is 0.845. The number of piperidine rings is 1. The van der Waals surface area contributed by atoms with Gasteiger partial charge < -0.3 is 10.2 Å². The number of hydrogen-bond acceptors (Lipinski definition) is 4. The van der Waals surface area contributed by atoms with Crippen LogP contribution in [0.3, 0.4) is 0 Å². The molecule has 1 fully saturated rings. The van der Waals surface area contributed by atoms with E-state index in [-0.39, 0.29) is 29.3 Å². The van der Waals surface area contributed by atoms with Crippen molar-refractivity contribution in [3.05, 3.63) is 23.8 Å². The molecule has 1 amide bonds. The van der Waals surface area contributed by atoms with Crippen molar-refractivity contribution in [2.45, 2.75) is 37.1 Å². The summed E-state index contributed by atoms with van der Waals surface area (Å²) in [5.74, 6) is -0.0577. The molecule has 1 aromatic carbocycles. The van der Waals surface area contributed by atoms with Gasteiger partial charge in [-0.2, -0.15) is 0 Å². The Morgan fingerprint density at radius 2 is 2.17 bits per heavy atom. The van der Waals surface area contributed by atoms with E-state index < -0.39 is 10.0 Å². The van der Waals surface area contributed by atoms with Crippen molar-refractivity contribution in [1.82, 2.24) is 10.0 Å². The van der Waals surface area contributed by atoms with Crippen LogP contribution >= 0.6 is 12.4 Å². The molecule has 128 valence electrons. The third kappa shape index (κ3) is 3.85. The van der Waals surface area contributed by atoms with Gasteiger partial charge in [0.1, 0.15) is 0 Å². The van der Waals surface area contributed by atoms with Crippen LogP contribution in [0.25, 0.3) is 0 Å². The molecule has 23 heavy (non-hydrogen) atoms. The number of rotatable bonds is 3. The van der Waals surface area contributed by atoms with Crippen LogP contribution < -0.4 is 14.9 Å². The molecule has 0 bridgehead atoms. The number of nitrogens with zero attached hydrogens (tertiary/aromatic N) is 1. The van der Waals surface area contributed by atoms with Crippen molar-refractivity contribution < 1.29 is 13.2 Å². The van der Waals surface area contributed by atoms with Gasteiger partial charge in [-0.3, -0.25) is 4.79 Å². The van der Waals surface area contributed by atoms with Crippen molar-refractivity contribution in [2.75, 3.05) is 24.5 Å². The lowest BCUT2D eigenvalue weighted by Crippen LogP contribution is -2.45. The molecule has 2 aliphatic heterocycles. The van der Waals surface area contributed by atoms with Crippen molar-refractivity contribution in [2.24, 2.45) is 0 Å². The number of fused-ring (bicyclic) bond motifs is 1. The van der Waals surface area contributed by atoms with Crippen LogP contribution in [0.5, 0.6) is 0 Å². The van der Waals surface area contributed by atoms with E-state index in [0.29, 0.717) is 13.1 Å². The highest BCUT2D eigenvalue weighted by Gasteiger charge is 2.26. The first-order valence-corrected chi connectivity index (χ1v) is 9.10. The number of carbonyl (C=O) groups is 1. The molecule has 0 aliphatic carbocycles. The predicted molar refractivity (Wildman–Crippen MR) is 91.6 cm³/mol. The van der Waals surface area contributed by atoms with Crippen molar-refractivity contribution in [1.29, 1.82) is 0 Å². The lowest BCUT2D eigenvalue weighted by Gasteiger charge is -2.24. The minimum Gasteiger partial charge on any atom is -0.315 e. The topological polar surface area (TPSA) is 78.5 Å². The molecule has 0 aromatic heterocycles. The third-order valence-electron chi connectivity index (χ3n) is 4.26. The number of benzene rings is 1. The zero-order valence-electron chi connectivity index (χ0n) is 13.0. The lowest BCUT2D eigenvalue weighted by atomic mass is 10.1. The highest BCUT2D eigenvalue weighted by molar-refractivity contribution is 7.89. The van der Waals surface area contributed by atoms with E-state index in [1.54, 1.807) is 17.0 Å². The van der Waals surface area contributed by atoms with Crippen molar-refractivity contribution >= 4 is 34.0 Å². The smallest absolute Gasteiger partial charge is 0.240 e. The summed E-state index contributed by atoms with van der Waals surface area (Å²) in [6, 6.07) is 4.98. The van der Waals surface area contributed by atoms with E-state index in [2.05, 4.69) is 10.0 Å². The number of halogens is 1. The van der Waals surface area contributed by atoms with Crippen LogP contribution in [0.4, 0.5) is 5.69 Å². The second-order valence-electron chi connectivity index (χ2n) is 5.88. The molecule has 1 saturated heterocycles. The van der Waals surface area contributed by atoms with Crippen LogP contribution in [0.2, 0.25) is 0 Å². The molecule has 0 radical (unpaired) electrons. The summed E-state index contributed by atoms with van der Waals surface area (Å²) in [6.45, 7) is 3.71. The van der Waals surface area contributed by atoms with E-state index in [1.807, 2.05) is 6.07 Å². The van der Waals surface area contributed by atoms with Gasteiger partial charge in [0, 0.05) is 31.7 Å². The number of hydrogen-bond donors (Lipinski definition) is 2. The summed E-state index contributed by atoms with van der Waals surface area (Å²) in [5.41, 5.74) is 1.74. The summed E-state index contributed by atoms with van der Waals surface area (Å²) in [6.07, 6.45) is 2.58. The Labute approximate surface area is 143 Å². The molecule has 8 heteroatoms. The van der Waals surface area contributed by atoms with Gasteiger partial charge in [0.2, 0.25) is 15.9 Å². The molecule has 2 heterocycles. The van der Waals surface area contributed by atoms with E-state index in [9.17, 15) is 13.2 Å². The Morgan fingerprint density at radius 1 is 1.39 bits per heavy atom. The van der Waals surface area contributed by atoms with E-state index >= 15 is 0 Å². The molecule has 3 rings (SSSR count). The highest BCUT2D eigenvalue weighted by atomic mass is 35.5. The Hall–Kier alpha value is -1.15. The SMILES string of the molecule is CC(=O)N1CCc2ccc(S(=O)(=O)N[C@H]3CCCNC3)cc21.Cl. The van der Waals surface area contributed by atoms with Crippen molar-refractivity contribution in [3.63, 3.8) is 0 Å². The fourth-order valence-electron chi connectivity index (χ4n) is 3.09. The van der Waals surface area contributed by atoms with Crippen LogP contribution in [-0.4, -0.2) is 40.0 Å². The van der Waals surface area contributed by atoms with Crippen molar-refractivity contribution in [3.8, 4) is 0 Å². The van der Waals surface area contributed by atoms with Crippen LogP contribution in [0.1, 0.15) is 25.3 Å². The summed E-state index contributed by atoms with van der Waals surface area (Å²) in [7, 11) is -3.56. The van der Waals surface area contributed by atoms with Crippen LogP contribution in [0, 0.1) is 0 Å². The third-order valence-corrected chi connectivity index (χ3v) is 5.78. The van der Waals surface area contributed by atoms with Gasteiger partial charge in [0.05, 0.1) is 4.90 Å². The predicted octanol–water partition coefficient (Wildman–Crippen LogP) is 1.05. The molecule has 0 unspecified atom stereocenters. The summed E-state index contributed by atoms with van der Waals surface area (Å²) in [5, 5.41) is 3.19. The second-order valence-corrected chi connectivity index (χ2v) is 7.59. The van der Waals surface area contributed by atoms with E-state index in [1.165, 1.54) is 6.92 Å². The van der Waals surface area contributed by atoms with Crippen LogP contribution in [0.15, 0.2) is 23.1 Å². The fraction of sp³-hybridized carbons (Fsp3) is 0.533. The first-order chi connectivity index (χ1) is 10.5. The molecule has 1 atom stereocenters. The maximum absolute atomic E-state index is 12.5. The van der Waals surface area contributed by atoms with Gasteiger partial charge in [-0.25, -0.2) is 13.1 Å². The molecule has 2 N–H and O–H groups in total. The Balaban J connectivity index is 0.00000192. The monoisotopic (exact) mass is 359 g/mol. The summed E-state index contributed by atoms with van der Waals surface area (Å²) in [4.78, 5) is 13.5. The number of nitrogens with one attached hydrogen (secondary N) is 2. The second kappa shape index (κ2) is 7.17. The van der Waals surface area contributed by atoms with E-state index in [4.69, 9.17) is 0 Å². The summed E-state index contributed by atoms with van der Waals surface area (Å²) >= 11 is 0.